The summed E-state index contributed by atoms with van der Waals surface area (Å²) in [6.07, 6.45) is 5.98. The summed E-state index contributed by atoms with van der Waals surface area (Å²) in [7, 11) is 0. The highest BCUT2D eigenvalue weighted by atomic mass is 32.2. The Morgan fingerprint density at radius 3 is 3.15 bits per heavy atom. The minimum Gasteiger partial charge on any atom is -0.271 e. The van der Waals surface area contributed by atoms with Crippen LogP contribution in [0.15, 0.2) is 11.6 Å². The van der Waals surface area contributed by atoms with Crippen LogP contribution in [0, 0.1) is 0 Å². The number of thiazole rings is 1. The summed E-state index contributed by atoms with van der Waals surface area (Å²) >= 11 is 3.53. The van der Waals surface area contributed by atoms with Crippen molar-refractivity contribution >= 4 is 23.1 Å². The van der Waals surface area contributed by atoms with Gasteiger partial charge in [-0.2, -0.15) is 11.8 Å². The molecule has 1 atom stereocenters. The first kappa shape index (κ1) is 11.0. The summed E-state index contributed by atoms with van der Waals surface area (Å²) in [4.78, 5) is 4.23. The van der Waals surface area contributed by atoms with Gasteiger partial charge in [0.1, 0.15) is 0 Å². The molecule has 0 aliphatic carbocycles. The summed E-state index contributed by atoms with van der Waals surface area (Å²) in [6.45, 7) is 0. The second kappa shape index (κ2) is 6.37. The van der Waals surface area contributed by atoms with E-state index in [0.717, 1.165) is 23.6 Å². The first-order valence-corrected chi connectivity index (χ1v) is 6.47. The number of nitrogens with one attached hydrogen (secondary N) is 1. The normalized spacial score (nSPS) is 13.1. The van der Waals surface area contributed by atoms with E-state index in [1.54, 1.807) is 11.3 Å². The molecule has 0 amide bonds. The number of hydrogen-bond donors (Lipinski definition) is 2. The lowest BCUT2D eigenvalue weighted by Crippen LogP contribution is -2.37. The Kier molecular flexibility index (Phi) is 5.38. The van der Waals surface area contributed by atoms with Crippen molar-refractivity contribution in [3.05, 3.63) is 16.6 Å². The first-order chi connectivity index (χ1) is 6.36. The molecule has 0 spiro atoms. The topological polar surface area (TPSA) is 50.9 Å². The van der Waals surface area contributed by atoms with Gasteiger partial charge in [-0.25, -0.2) is 4.98 Å². The fraction of sp³-hybridized carbons (Fsp3) is 0.625. The summed E-state index contributed by atoms with van der Waals surface area (Å²) < 4.78 is 0. The number of nitrogens with two attached hydrogens (primary N) is 1. The van der Waals surface area contributed by atoms with Gasteiger partial charge in [-0.3, -0.25) is 11.3 Å². The Hall–Kier alpha value is -0.100. The molecule has 1 rings (SSSR count). The van der Waals surface area contributed by atoms with Gasteiger partial charge in [-0.1, -0.05) is 0 Å². The fourth-order valence-electron chi connectivity index (χ4n) is 1.07. The summed E-state index contributed by atoms with van der Waals surface area (Å²) in [6, 6.07) is 0.360. The average Bonchev–Trinajstić information content (AvgIpc) is 2.64. The highest BCUT2D eigenvalue weighted by Gasteiger charge is 2.08. The molecule has 0 aliphatic rings. The van der Waals surface area contributed by atoms with E-state index >= 15 is 0 Å². The van der Waals surface area contributed by atoms with Gasteiger partial charge in [-0.15, -0.1) is 11.3 Å². The minimum absolute atomic E-state index is 0.360. The van der Waals surface area contributed by atoms with Crippen LogP contribution in [0.5, 0.6) is 0 Å². The maximum absolute atomic E-state index is 5.45. The van der Waals surface area contributed by atoms with Crippen LogP contribution in [0.3, 0.4) is 0 Å². The van der Waals surface area contributed by atoms with Crippen molar-refractivity contribution in [3.8, 4) is 0 Å². The zero-order valence-corrected chi connectivity index (χ0v) is 9.33. The summed E-state index contributed by atoms with van der Waals surface area (Å²) in [5, 5.41) is 3.15. The second-order valence-corrected chi connectivity index (χ2v) is 4.74. The molecule has 74 valence electrons. The van der Waals surface area contributed by atoms with Crippen molar-refractivity contribution in [1.29, 1.82) is 0 Å². The standard InChI is InChI=1S/C8H15N3S2/c1-12-4-2-7(11-9)6-8-10-3-5-13-8/h3,5,7,11H,2,4,6,9H2,1H3. The second-order valence-electron chi connectivity index (χ2n) is 2.78. The van der Waals surface area contributed by atoms with Gasteiger partial charge in [0.15, 0.2) is 0 Å². The lowest BCUT2D eigenvalue weighted by molar-refractivity contribution is 0.513. The molecule has 1 aromatic rings. The number of thioether (sulfide) groups is 1. The molecule has 0 radical (unpaired) electrons. The maximum atomic E-state index is 5.45. The van der Waals surface area contributed by atoms with E-state index in [1.165, 1.54) is 0 Å². The first-order valence-electron chi connectivity index (χ1n) is 4.20. The Balaban J connectivity index is 2.31. The molecule has 0 saturated carbocycles. The van der Waals surface area contributed by atoms with Crippen molar-refractivity contribution in [2.45, 2.75) is 18.9 Å². The van der Waals surface area contributed by atoms with E-state index in [2.05, 4.69) is 16.7 Å². The molecule has 3 nitrogen and oxygen atoms in total. The zero-order chi connectivity index (χ0) is 9.52. The van der Waals surface area contributed by atoms with Gasteiger partial charge in [0.05, 0.1) is 5.01 Å². The summed E-state index contributed by atoms with van der Waals surface area (Å²) in [5.41, 5.74) is 2.83. The van der Waals surface area contributed by atoms with Gasteiger partial charge in [0.25, 0.3) is 0 Å². The average molecular weight is 217 g/mol. The van der Waals surface area contributed by atoms with E-state index in [-0.39, 0.29) is 0 Å². The number of rotatable bonds is 6. The predicted octanol–water partition coefficient (Wildman–Crippen LogP) is 1.27. The van der Waals surface area contributed by atoms with E-state index in [1.807, 2.05) is 23.3 Å². The molecular weight excluding hydrogens is 202 g/mol. The summed E-state index contributed by atoms with van der Waals surface area (Å²) in [5.74, 6) is 6.59. The van der Waals surface area contributed by atoms with Gasteiger partial charge >= 0.3 is 0 Å². The van der Waals surface area contributed by atoms with Gasteiger partial charge in [0, 0.05) is 24.0 Å². The quantitative estimate of drug-likeness (QED) is 0.556. The van der Waals surface area contributed by atoms with Crippen LogP contribution < -0.4 is 11.3 Å². The molecule has 0 saturated heterocycles. The lowest BCUT2D eigenvalue weighted by Gasteiger charge is -2.12. The van der Waals surface area contributed by atoms with Crippen LogP contribution in [0.4, 0.5) is 0 Å². The highest BCUT2D eigenvalue weighted by molar-refractivity contribution is 7.98. The molecular formula is C8H15N3S2. The third-order valence-corrected chi connectivity index (χ3v) is 3.26. The highest BCUT2D eigenvalue weighted by Crippen LogP contribution is 2.10. The van der Waals surface area contributed by atoms with E-state index < -0.39 is 0 Å². The van der Waals surface area contributed by atoms with Gasteiger partial charge in [0.2, 0.25) is 0 Å². The van der Waals surface area contributed by atoms with Crippen LogP contribution in [0.25, 0.3) is 0 Å². The Labute approximate surface area is 87.1 Å². The smallest absolute Gasteiger partial charge is 0.0940 e. The monoisotopic (exact) mass is 217 g/mol. The minimum atomic E-state index is 0.360. The fourth-order valence-corrected chi connectivity index (χ4v) is 2.29. The molecule has 0 bridgehead atoms. The number of nitrogens with zero attached hydrogens (tertiary/aromatic N) is 1. The van der Waals surface area contributed by atoms with Crippen LogP contribution in [0.2, 0.25) is 0 Å². The molecule has 1 unspecified atom stereocenters. The Morgan fingerprint density at radius 1 is 1.77 bits per heavy atom. The van der Waals surface area contributed by atoms with Crippen molar-refractivity contribution in [2.24, 2.45) is 5.84 Å². The van der Waals surface area contributed by atoms with Gasteiger partial charge in [-0.05, 0) is 18.4 Å². The Morgan fingerprint density at radius 2 is 2.62 bits per heavy atom. The van der Waals surface area contributed by atoms with Crippen LogP contribution in [-0.4, -0.2) is 23.0 Å². The predicted molar refractivity (Wildman–Crippen MR) is 59.9 cm³/mol. The third kappa shape index (κ3) is 4.08. The maximum Gasteiger partial charge on any atom is 0.0940 e. The molecule has 0 aliphatic heterocycles. The van der Waals surface area contributed by atoms with Crippen molar-refractivity contribution in [3.63, 3.8) is 0 Å². The molecule has 1 aromatic heterocycles. The van der Waals surface area contributed by atoms with Crippen LogP contribution in [0.1, 0.15) is 11.4 Å². The van der Waals surface area contributed by atoms with Crippen LogP contribution >= 0.6 is 23.1 Å². The zero-order valence-electron chi connectivity index (χ0n) is 7.69. The number of hydrazine groups is 1. The number of hydrogen-bond acceptors (Lipinski definition) is 5. The van der Waals surface area contributed by atoms with Crippen molar-refractivity contribution in [2.75, 3.05) is 12.0 Å². The van der Waals surface area contributed by atoms with Crippen molar-refractivity contribution in [1.82, 2.24) is 10.4 Å². The molecule has 1 heterocycles. The van der Waals surface area contributed by atoms with Crippen LogP contribution in [-0.2, 0) is 6.42 Å². The number of aromatic nitrogens is 1. The van der Waals surface area contributed by atoms with E-state index in [4.69, 9.17) is 5.84 Å². The van der Waals surface area contributed by atoms with E-state index in [9.17, 15) is 0 Å². The molecule has 0 fully saturated rings. The lowest BCUT2D eigenvalue weighted by atomic mass is 10.2. The molecule has 3 N–H and O–H groups in total. The largest absolute Gasteiger partial charge is 0.271 e. The van der Waals surface area contributed by atoms with E-state index in [0.29, 0.717) is 6.04 Å². The molecule has 0 aromatic carbocycles. The SMILES string of the molecule is CSCCC(Cc1nccs1)NN. The van der Waals surface area contributed by atoms with Gasteiger partial charge < -0.3 is 0 Å². The molecule has 13 heavy (non-hydrogen) atoms. The Bertz CT molecular complexity index is 213. The third-order valence-electron chi connectivity index (χ3n) is 1.81. The molecule has 5 heteroatoms. The van der Waals surface area contributed by atoms with Crippen molar-refractivity contribution < 1.29 is 0 Å².